The topological polar surface area (TPSA) is 114 Å². The number of hydrogen-bond acceptors (Lipinski definition) is 7. The van der Waals surface area contributed by atoms with Crippen molar-refractivity contribution in [3.63, 3.8) is 0 Å². The fourth-order valence-electron chi connectivity index (χ4n) is 4.00. The van der Waals surface area contributed by atoms with Crippen molar-refractivity contribution >= 4 is 34.3 Å². The van der Waals surface area contributed by atoms with Gasteiger partial charge in [0.15, 0.2) is 17.3 Å². The van der Waals surface area contributed by atoms with Crippen molar-refractivity contribution in [2.45, 2.75) is 52.6 Å². The number of benzene rings is 1. The summed E-state index contributed by atoms with van der Waals surface area (Å²) in [5, 5.41) is 21.1. The van der Waals surface area contributed by atoms with Crippen LogP contribution in [0.25, 0.3) is 11.0 Å². The third-order valence-corrected chi connectivity index (χ3v) is 5.90. The van der Waals surface area contributed by atoms with Crippen LogP contribution in [0.15, 0.2) is 36.9 Å². The lowest BCUT2D eigenvalue weighted by Gasteiger charge is -2.23. The Morgan fingerprint density at radius 1 is 1.14 bits per heavy atom. The van der Waals surface area contributed by atoms with Gasteiger partial charge in [0.05, 0.1) is 43.2 Å². The number of carbonyl (C=O) groups excluding carboxylic acids is 1. The van der Waals surface area contributed by atoms with Crippen LogP contribution in [0.4, 0.5) is 26.1 Å². The second-order valence-electron chi connectivity index (χ2n) is 8.62. The fourth-order valence-corrected chi connectivity index (χ4v) is 4.00. The molecule has 0 saturated carbocycles. The molecule has 37 heavy (non-hydrogen) atoms. The van der Waals surface area contributed by atoms with E-state index in [-0.39, 0.29) is 37.0 Å². The van der Waals surface area contributed by atoms with E-state index in [0.717, 1.165) is 25.3 Å². The van der Waals surface area contributed by atoms with Crippen LogP contribution in [0, 0.1) is 11.6 Å². The zero-order valence-corrected chi connectivity index (χ0v) is 20.9. The highest BCUT2D eigenvalue weighted by molar-refractivity contribution is 5.93. The van der Waals surface area contributed by atoms with Crippen molar-refractivity contribution in [2.24, 2.45) is 0 Å². The Balaban J connectivity index is 1.62. The first-order valence-electron chi connectivity index (χ1n) is 12.3. The molecule has 0 saturated heterocycles. The van der Waals surface area contributed by atoms with Gasteiger partial charge in [-0.2, -0.15) is 15.2 Å². The van der Waals surface area contributed by atoms with Crippen molar-refractivity contribution in [3.8, 4) is 0 Å². The molecule has 0 bridgehead atoms. The van der Waals surface area contributed by atoms with E-state index in [4.69, 9.17) is 5.11 Å². The van der Waals surface area contributed by atoms with Crippen molar-refractivity contribution in [2.75, 3.05) is 23.4 Å². The van der Waals surface area contributed by atoms with Gasteiger partial charge in [0.25, 0.3) is 0 Å². The molecule has 0 aliphatic rings. The van der Waals surface area contributed by atoms with Gasteiger partial charge in [0.1, 0.15) is 0 Å². The largest absolute Gasteiger partial charge is 0.394 e. The molecule has 12 heteroatoms. The zero-order valence-electron chi connectivity index (χ0n) is 20.9. The number of rotatable bonds is 12. The van der Waals surface area contributed by atoms with Crippen LogP contribution in [0.3, 0.4) is 0 Å². The molecule has 0 atom stereocenters. The van der Waals surface area contributed by atoms with Crippen LogP contribution in [0.5, 0.6) is 0 Å². The second-order valence-corrected chi connectivity index (χ2v) is 8.62. The monoisotopic (exact) mass is 512 g/mol. The minimum atomic E-state index is -1.02. The molecule has 196 valence electrons. The maximum atomic E-state index is 14.9. The Morgan fingerprint density at radius 3 is 2.73 bits per heavy atom. The smallest absolute Gasteiger partial charge is 0.229 e. The van der Waals surface area contributed by atoms with Crippen LogP contribution < -0.4 is 10.2 Å². The van der Waals surface area contributed by atoms with Gasteiger partial charge < -0.3 is 15.3 Å². The molecule has 3 aromatic heterocycles. The van der Waals surface area contributed by atoms with Crippen LogP contribution in [0.2, 0.25) is 0 Å². The summed E-state index contributed by atoms with van der Waals surface area (Å²) in [6.45, 7) is 4.47. The molecule has 0 aliphatic heterocycles. The first-order chi connectivity index (χ1) is 17.9. The lowest BCUT2D eigenvalue weighted by atomic mass is 10.1. The third-order valence-electron chi connectivity index (χ3n) is 5.90. The highest BCUT2D eigenvalue weighted by Crippen LogP contribution is 2.25. The number of aliphatic hydroxyl groups is 1. The molecule has 10 nitrogen and oxygen atoms in total. The molecule has 0 spiro atoms. The molecular weight excluding hydrogens is 482 g/mol. The minimum absolute atomic E-state index is 0.0375. The first-order valence-corrected chi connectivity index (χ1v) is 12.3. The number of aromatic nitrogens is 6. The highest BCUT2D eigenvalue weighted by Gasteiger charge is 2.20. The summed E-state index contributed by atoms with van der Waals surface area (Å²) in [5.41, 5.74) is 1.44. The molecule has 0 radical (unpaired) electrons. The third kappa shape index (κ3) is 6.08. The van der Waals surface area contributed by atoms with Crippen molar-refractivity contribution < 1.29 is 18.7 Å². The molecule has 3 heterocycles. The van der Waals surface area contributed by atoms with Gasteiger partial charge in [-0.25, -0.2) is 18.4 Å². The summed E-state index contributed by atoms with van der Waals surface area (Å²) in [5.74, 6) is -1.89. The van der Waals surface area contributed by atoms with Gasteiger partial charge in [-0.3, -0.25) is 9.48 Å². The molecular formula is C25H30F2N8O2. The maximum Gasteiger partial charge on any atom is 0.229 e. The van der Waals surface area contributed by atoms with Gasteiger partial charge in [-0.15, -0.1) is 0 Å². The van der Waals surface area contributed by atoms with E-state index in [1.165, 1.54) is 15.6 Å². The van der Waals surface area contributed by atoms with Crippen LogP contribution in [0.1, 0.15) is 45.1 Å². The minimum Gasteiger partial charge on any atom is -0.394 e. The lowest BCUT2D eigenvalue weighted by Crippen LogP contribution is -2.31. The molecule has 1 aromatic carbocycles. The molecule has 4 rings (SSSR count). The van der Waals surface area contributed by atoms with Crippen molar-refractivity contribution in [3.05, 3.63) is 54.1 Å². The van der Waals surface area contributed by atoms with Crippen LogP contribution >= 0.6 is 0 Å². The predicted octanol–water partition coefficient (Wildman–Crippen LogP) is 4.02. The molecule has 0 unspecified atom stereocenters. The number of halogens is 2. The number of amides is 1. The number of nitrogens with zero attached hydrogens (tertiary/aromatic N) is 7. The SMILES string of the molecule is CCCCCN(C(=O)CC)c1cc(F)c(F)c(Cn2ncc3cnc(Nc4cnn(CCO)c4)nc32)c1. The van der Waals surface area contributed by atoms with Crippen molar-refractivity contribution in [1.82, 2.24) is 29.5 Å². The number of unbranched alkanes of at least 4 members (excludes halogenated alkanes) is 2. The number of fused-ring (bicyclic) bond motifs is 1. The fraction of sp³-hybridized carbons (Fsp3) is 0.400. The first kappa shape index (κ1) is 26.1. The van der Waals surface area contributed by atoms with E-state index in [0.29, 0.717) is 35.5 Å². The number of carbonyl (C=O) groups is 1. The van der Waals surface area contributed by atoms with E-state index in [1.807, 2.05) is 0 Å². The van der Waals surface area contributed by atoms with Gasteiger partial charge in [-0.1, -0.05) is 26.7 Å². The summed E-state index contributed by atoms with van der Waals surface area (Å²) in [6, 6.07) is 2.57. The quantitative estimate of drug-likeness (QED) is 0.276. The maximum absolute atomic E-state index is 14.9. The van der Waals surface area contributed by atoms with E-state index in [2.05, 4.69) is 32.4 Å². The van der Waals surface area contributed by atoms with Crippen LogP contribution in [-0.4, -0.2) is 53.7 Å². The Hall–Kier alpha value is -3.93. The molecule has 2 N–H and O–H groups in total. The van der Waals surface area contributed by atoms with Crippen LogP contribution in [-0.2, 0) is 17.9 Å². The summed E-state index contributed by atoms with van der Waals surface area (Å²) >= 11 is 0. The predicted molar refractivity (Wildman–Crippen MR) is 136 cm³/mol. The Bertz CT molecular complexity index is 1370. The molecule has 1 amide bonds. The average Bonchev–Trinajstić information content (AvgIpc) is 3.51. The summed E-state index contributed by atoms with van der Waals surface area (Å²) in [6.07, 6.45) is 9.35. The van der Waals surface area contributed by atoms with Crippen molar-refractivity contribution in [1.29, 1.82) is 0 Å². The Kier molecular flexibility index (Phi) is 8.39. The van der Waals surface area contributed by atoms with Gasteiger partial charge >= 0.3 is 0 Å². The molecule has 0 aliphatic carbocycles. The number of anilines is 3. The lowest BCUT2D eigenvalue weighted by molar-refractivity contribution is -0.118. The summed E-state index contributed by atoms with van der Waals surface area (Å²) < 4.78 is 32.6. The standard InChI is InChI=1S/C25H30F2N8O2/c1-3-5-6-7-34(22(37)4-2)20-10-17(23(27)21(26)11-20)15-35-24-18(13-30-35)12-28-25(32-24)31-19-14-29-33(16-19)8-9-36/h10-14,16,36H,3-9,15H2,1-2H3,(H,28,31,32). The number of aliphatic hydroxyl groups excluding tert-OH is 1. The van der Waals surface area contributed by atoms with E-state index >= 15 is 0 Å². The molecule has 4 aromatic rings. The second kappa shape index (κ2) is 11.9. The van der Waals surface area contributed by atoms with Gasteiger partial charge in [-0.05, 0) is 12.5 Å². The number of nitrogens with one attached hydrogen (secondary N) is 1. The van der Waals surface area contributed by atoms with Gasteiger partial charge in [0.2, 0.25) is 11.9 Å². The number of hydrogen-bond donors (Lipinski definition) is 2. The van der Waals surface area contributed by atoms with E-state index in [1.54, 1.807) is 36.4 Å². The average molecular weight is 513 g/mol. The molecule has 0 fully saturated rings. The Labute approximate surface area is 212 Å². The summed E-state index contributed by atoms with van der Waals surface area (Å²) in [7, 11) is 0. The van der Waals surface area contributed by atoms with E-state index < -0.39 is 11.6 Å². The van der Waals surface area contributed by atoms with Gasteiger partial charge in [0, 0.05) is 42.7 Å². The summed E-state index contributed by atoms with van der Waals surface area (Å²) in [4.78, 5) is 22.9. The highest BCUT2D eigenvalue weighted by atomic mass is 19.2. The zero-order chi connectivity index (χ0) is 26.4. The van der Waals surface area contributed by atoms with E-state index in [9.17, 15) is 13.6 Å². The Morgan fingerprint density at radius 2 is 1.97 bits per heavy atom. The normalized spacial score (nSPS) is 11.3.